The molecule has 0 aliphatic rings. The van der Waals surface area contributed by atoms with E-state index < -0.39 is 0 Å². The van der Waals surface area contributed by atoms with E-state index in [9.17, 15) is 0 Å². The SMILES string of the molecule is COc1cc(Br)c(C(CN)NC(C)CCCO)cc1OC. The van der Waals surface area contributed by atoms with Gasteiger partial charge in [0.25, 0.3) is 0 Å². The second-order valence-corrected chi connectivity index (χ2v) is 5.80. The van der Waals surface area contributed by atoms with E-state index >= 15 is 0 Å². The molecule has 6 heteroatoms. The molecular formula is C15H25BrN2O3. The first-order valence-corrected chi connectivity index (χ1v) is 7.85. The van der Waals surface area contributed by atoms with Crippen molar-refractivity contribution in [3.63, 3.8) is 0 Å². The summed E-state index contributed by atoms with van der Waals surface area (Å²) in [7, 11) is 3.23. The lowest BCUT2D eigenvalue weighted by Gasteiger charge is -2.24. The van der Waals surface area contributed by atoms with Gasteiger partial charge in [-0.2, -0.15) is 0 Å². The van der Waals surface area contributed by atoms with E-state index in [4.69, 9.17) is 20.3 Å². The normalized spacial score (nSPS) is 13.8. The smallest absolute Gasteiger partial charge is 0.161 e. The molecule has 0 amide bonds. The standard InChI is InChI=1S/C15H25BrN2O3/c1-10(5-4-6-19)18-13(9-17)11-7-14(20-2)15(21-3)8-12(11)16/h7-8,10,13,18-19H,4-6,9,17H2,1-3H3. The third kappa shape index (κ3) is 5.14. The van der Waals surface area contributed by atoms with Crippen LogP contribution in [0.1, 0.15) is 31.4 Å². The quantitative estimate of drug-likeness (QED) is 0.629. The molecule has 120 valence electrons. The largest absolute Gasteiger partial charge is 0.493 e. The molecule has 5 nitrogen and oxygen atoms in total. The number of nitrogens with one attached hydrogen (secondary N) is 1. The Morgan fingerprint density at radius 3 is 2.43 bits per heavy atom. The van der Waals surface area contributed by atoms with Gasteiger partial charge in [0.05, 0.1) is 14.2 Å². The maximum absolute atomic E-state index is 8.90. The number of hydrogen-bond acceptors (Lipinski definition) is 5. The second kappa shape index (κ2) is 9.25. The van der Waals surface area contributed by atoms with E-state index in [2.05, 4.69) is 28.2 Å². The Balaban J connectivity index is 2.94. The number of hydrogen-bond donors (Lipinski definition) is 3. The topological polar surface area (TPSA) is 76.7 Å². The fraction of sp³-hybridized carbons (Fsp3) is 0.600. The molecule has 0 aromatic heterocycles. The Kier molecular flexibility index (Phi) is 8.03. The Labute approximate surface area is 134 Å². The molecule has 1 rings (SSSR count). The fourth-order valence-corrected chi connectivity index (χ4v) is 2.84. The lowest BCUT2D eigenvalue weighted by Crippen LogP contribution is -2.35. The summed E-state index contributed by atoms with van der Waals surface area (Å²) in [6.07, 6.45) is 1.68. The van der Waals surface area contributed by atoms with Crippen LogP contribution in [-0.4, -0.2) is 38.5 Å². The summed E-state index contributed by atoms with van der Waals surface area (Å²) in [5, 5.41) is 12.4. The molecule has 0 fully saturated rings. The summed E-state index contributed by atoms with van der Waals surface area (Å²) in [6.45, 7) is 2.77. The molecular weight excluding hydrogens is 336 g/mol. The molecule has 0 spiro atoms. The van der Waals surface area contributed by atoms with Crippen molar-refractivity contribution in [2.24, 2.45) is 5.73 Å². The lowest BCUT2D eigenvalue weighted by molar-refractivity contribution is 0.273. The average molecular weight is 361 g/mol. The lowest BCUT2D eigenvalue weighted by atomic mass is 10.0. The zero-order valence-corrected chi connectivity index (χ0v) is 14.4. The number of methoxy groups -OCH3 is 2. The summed E-state index contributed by atoms with van der Waals surface area (Å²) in [6, 6.07) is 4.10. The maximum Gasteiger partial charge on any atom is 0.161 e. The molecule has 2 unspecified atom stereocenters. The minimum Gasteiger partial charge on any atom is -0.493 e. The number of nitrogens with two attached hydrogens (primary N) is 1. The van der Waals surface area contributed by atoms with E-state index in [1.165, 1.54) is 0 Å². The highest BCUT2D eigenvalue weighted by Crippen LogP contribution is 2.36. The molecule has 0 radical (unpaired) electrons. The molecule has 4 N–H and O–H groups in total. The molecule has 0 aliphatic carbocycles. The Morgan fingerprint density at radius 2 is 1.90 bits per heavy atom. The van der Waals surface area contributed by atoms with Crippen molar-refractivity contribution in [3.8, 4) is 11.5 Å². The molecule has 1 aromatic rings. The summed E-state index contributed by atoms with van der Waals surface area (Å²) < 4.78 is 11.6. The molecule has 0 saturated heterocycles. The van der Waals surface area contributed by atoms with Gasteiger partial charge in [-0.3, -0.25) is 0 Å². The zero-order valence-electron chi connectivity index (χ0n) is 12.9. The predicted molar refractivity (Wildman–Crippen MR) is 88.0 cm³/mol. The van der Waals surface area contributed by atoms with E-state index in [1.54, 1.807) is 14.2 Å². The number of halogens is 1. The van der Waals surface area contributed by atoms with Crippen LogP contribution in [0.15, 0.2) is 16.6 Å². The highest BCUT2D eigenvalue weighted by atomic mass is 79.9. The van der Waals surface area contributed by atoms with Crippen LogP contribution in [0.25, 0.3) is 0 Å². The monoisotopic (exact) mass is 360 g/mol. The van der Waals surface area contributed by atoms with Gasteiger partial charge >= 0.3 is 0 Å². The molecule has 0 heterocycles. The van der Waals surface area contributed by atoms with Crippen LogP contribution in [-0.2, 0) is 0 Å². The summed E-state index contributed by atoms with van der Waals surface area (Å²) in [4.78, 5) is 0. The minimum atomic E-state index is 0.00729. The average Bonchev–Trinajstić information content (AvgIpc) is 2.50. The van der Waals surface area contributed by atoms with E-state index in [0.29, 0.717) is 18.0 Å². The summed E-state index contributed by atoms with van der Waals surface area (Å²) in [5.41, 5.74) is 6.94. The van der Waals surface area contributed by atoms with Crippen LogP contribution < -0.4 is 20.5 Å². The van der Waals surface area contributed by atoms with Gasteiger partial charge in [0, 0.05) is 29.7 Å². The van der Waals surface area contributed by atoms with Gasteiger partial charge in [-0.1, -0.05) is 15.9 Å². The number of benzene rings is 1. The molecule has 0 saturated carbocycles. The Morgan fingerprint density at radius 1 is 1.29 bits per heavy atom. The number of rotatable bonds is 9. The van der Waals surface area contributed by atoms with Crippen molar-refractivity contribution in [2.75, 3.05) is 27.4 Å². The summed E-state index contributed by atoms with van der Waals surface area (Å²) in [5.74, 6) is 1.36. The van der Waals surface area contributed by atoms with Gasteiger partial charge in [-0.05, 0) is 37.5 Å². The van der Waals surface area contributed by atoms with Gasteiger partial charge in [-0.15, -0.1) is 0 Å². The van der Waals surface area contributed by atoms with E-state index in [0.717, 1.165) is 22.9 Å². The van der Waals surface area contributed by atoms with Gasteiger partial charge in [0.1, 0.15) is 0 Å². The van der Waals surface area contributed by atoms with Crippen LogP contribution in [0.4, 0.5) is 0 Å². The van der Waals surface area contributed by atoms with Gasteiger partial charge < -0.3 is 25.6 Å². The fourth-order valence-electron chi connectivity index (χ4n) is 2.25. The highest BCUT2D eigenvalue weighted by molar-refractivity contribution is 9.10. The van der Waals surface area contributed by atoms with Crippen LogP contribution in [0.5, 0.6) is 11.5 Å². The molecule has 21 heavy (non-hydrogen) atoms. The first-order chi connectivity index (χ1) is 10.1. The zero-order chi connectivity index (χ0) is 15.8. The van der Waals surface area contributed by atoms with Gasteiger partial charge in [0.15, 0.2) is 11.5 Å². The maximum atomic E-state index is 8.90. The molecule has 1 aromatic carbocycles. The molecule has 0 bridgehead atoms. The van der Waals surface area contributed by atoms with Crippen LogP contribution >= 0.6 is 15.9 Å². The summed E-state index contributed by atoms with van der Waals surface area (Å²) >= 11 is 3.56. The van der Waals surface area contributed by atoms with Crippen molar-refractivity contribution >= 4 is 15.9 Å². The third-order valence-electron chi connectivity index (χ3n) is 3.39. The molecule has 2 atom stereocenters. The van der Waals surface area contributed by atoms with Crippen molar-refractivity contribution in [1.82, 2.24) is 5.32 Å². The Bertz CT molecular complexity index is 443. The first-order valence-electron chi connectivity index (χ1n) is 7.05. The van der Waals surface area contributed by atoms with Crippen molar-refractivity contribution in [3.05, 3.63) is 22.2 Å². The van der Waals surface area contributed by atoms with Crippen molar-refractivity contribution in [2.45, 2.75) is 31.8 Å². The van der Waals surface area contributed by atoms with Crippen molar-refractivity contribution < 1.29 is 14.6 Å². The first kappa shape index (κ1) is 18.2. The number of ether oxygens (including phenoxy) is 2. The number of aliphatic hydroxyl groups is 1. The van der Waals surface area contributed by atoms with Gasteiger partial charge in [0.2, 0.25) is 0 Å². The van der Waals surface area contributed by atoms with Crippen LogP contribution in [0, 0.1) is 0 Å². The van der Waals surface area contributed by atoms with E-state index in [1.807, 2.05) is 12.1 Å². The number of aliphatic hydroxyl groups excluding tert-OH is 1. The van der Waals surface area contributed by atoms with Crippen molar-refractivity contribution in [1.29, 1.82) is 0 Å². The van der Waals surface area contributed by atoms with Crippen LogP contribution in [0.2, 0.25) is 0 Å². The van der Waals surface area contributed by atoms with Gasteiger partial charge in [-0.25, -0.2) is 0 Å². The highest BCUT2D eigenvalue weighted by Gasteiger charge is 2.18. The Hall–Kier alpha value is -0.820. The third-order valence-corrected chi connectivity index (χ3v) is 4.08. The van der Waals surface area contributed by atoms with Crippen LogP contribution in [0.3, 0.4) is 0 Å². The molecule has 0 aliphatic heterocycles. The second-order valence-electron chi connectivity index (χ2n) is 4.95. The minimum absolute atomic E-state index is 0.00729. The predicted octanol–water partition coefficient (Wildman–Crippen LogP) is 2.22. The van der Waals surface area contributed by atoms with E-state index in [-0.39, 0.29) is 18.7 Å².